The van der Waals surface area contributed by atoms with Crippen molar-refractivity contribution in [3.63, 3.8) is 0 Å². The standard InChI is InChI=1S/C22H21N3O5/c1-15(23-19(26)13-10-16-8-11-18(28-2)12-9-16)22(27)29-14-20-24-25-21(30-20)17-6-4-3-5-7-17/h3-13,15H,14H2,1-2H3,(H,23,26)/b13-10+. The zero-order valence-corrected chi connectivity index (χ0v) is 16.6. The number of methoxy groups -OCH3 is 1. The SMILES string of the molecule is COc1ccc(/C=C/C(=O)NC(C)C(=O)OCc2nnc(-c3ccccc3)o2)cc1. The average molecular weight is 407 g/mol. The van der Waals surface area contributed by atoms with Crippen LogP contribution in [0.3, 0.4) is 0 Å². The zero-order valence-electron chi connectivity index (χ0n) is 16.6. The van der Waals surface area contributed by atoms with Crippen LogP contribution in [0.25, 0.3) is 17.5 Å². The first-order chi connectivity index (χ1) is 14.5. The molecule has 0 spiro atoms. The molecule has 0 fully saturated rings. The van der Waals surface area contributed by atoms with Gasteiger partial charge in [-0.05, 0) is 42.8 Å². The molecule has 1 unspecified atom stereocenters. The van der Waals surface area contributed by atoms with Crippen molar-refractivity contribution in [1.29, 1.82) is 0 Å². The van der Waals surface area contributed by atoms with Crippen molar-refractivity contribution in [2.45, 2.75) is 19.6 Å². The van der Waals surface area contributed by atoms with E-state index in [2.05, 4.69) is 15.5 Å². The van der Waals surface area contributed by atoms with Crippen molar-refractivity contribution in [2.75, 3.05) is 7.11 Å². The quantitative estimate of drug-likeness (QED) is 0.452. The largest absolute Gasteiger partial charge is 0.497 e. The number of carbonyl (C=O) groups is 2. The zero-order chi connectivity index (χ0) is 21.3. The molecular weight excluding hydrogens is 386 g/mol. The lowest BCUT2D eigenvalue weighted by Crippen LogP contribution is -2.38. The third-order valence-corrected chi connectivity index (χ3v) is 4.08. The van der Waals surface area contributed by atoms with Crippen LogP contribution in [0.1, 0.15) is 18.4 Å². The smallest absolute Gasteiger partial charge is 0.328 e. The first-order valence-corrected chi connectivity index (χ1v) is 9.22. The molecule has 8 heteroatoms. The summed E-state index contributed by atoms with van der Waals surface area (Å²) in [5, 5.41) is 10.3. The highest BCUT2D eigenvalue weighted by Crippen LogP contribution is 2.17. The third-order valence-electron chi connectivity index (χ3n) is 4.08. The van der Waals surface area contributed by atoms with Crippen molar-refractivity contribution in [3.8, 4) is 17.2 Å². The summed E-state index contributed by atoms with van der Waals surface area (Å²) in [6.07, 6.45) is 2.98. The molecule has 1 heterocycles. The molecular formula is C22H21N3O5. The minimum absolute atomic E-state index is 0.167. The van der Waals surface area contributed by atoms with E-state index in [1.165, 1.54) is 13.0 Å². The Balaban J connectivity index is 1.46. The fraction of sp³-hybridized carbons (Fsp3) is 0.182. The lowest BCUT2D eigenvalue weighted by Gasteiger charge is -2.11. The number of nitrogens with one attached hydrogen (secondary N) is 1. The molecule has 30 heavy (non-hydrogen) atoms. The summed E-state index contributed by atoms with van der Waals surface area (Å²) in [7, 11) is 1.58. The maximum atomic E-state index is 12.1. The Bertz CT molecular complexity index is 1010. The van der Waals surface area contributed by atoms with Crippen molar-refractivity contribution in [1.82, 2.24) is 15.5 Å². The number of hydrogen-bond donors (Lipinski definition) is 1. The Kier molecular flexibility index (Phi) is 6.94. The van der Waals surface area contributed by atoms with Crippen LogP contribution in [-0.4, -0.2) is 35.2 Å². The Morgan fingerprint density at radius 3 is 2.53 bits per heavy atom. The maximum Gasteiger partial charge on any atom is 0.328 e. The van der Waals surface area contributed by atoms with Crippen LogP contribution in [0.15, 0.2) is 65.1 Å². The molecule has 3 rings (SSSR count). The fourth-order valence-electron chi connectivity index (χ4n) is 2.47. The van der Waals surface area contributed by atoms with Gasteiger partial charge in [0.05, 0.1) is 7.11 Å². The summed E-state index contributed by atoms with van der Waals surface area (Å²) < 4.78 is 15.7. The first-order valence-electron chi connectivity index (χ1n) is 9.22. The van der Waals surface area contributed by atoms with Gasteiger partial charge in [0, 0.05) is 11.6 Å². The molecule has 3 aromatic rings. The van der Waals surface area contributed by atoms with Crippen LogP contribution in [0, 0.1) is 0 Å². The predicted molar refractivity (Wildman–Crippen MR) is 109 cm³/mol. The van der Waals surface area contributed by atoms with Gasteiger partial charge in [0.1, 0.15) is 11.8 Å². The van der Waals surface area contributed by atoms with Gasteiger partial charge in [-0.2, -0.15) is 0 Å². The van der Waals surface area contributed by atoms with E-state index in [0.717, 1.165) is 16.9 Å². The number of rotatable bonds is 8. The van der Waals surface area contributed by atoms with Gasteiger partial charge in [0.15, 0.2) is 6.61 Å². The third kappa shape index (κ3) is 5.78. The van der Waals surface area contributed by atoms with Crippen LogP contribution in [0.2, 0.25) is 0 Å². The summed E-state index contributed by atoms with van der Waals surface area (Å²) in [4.78, 5) is 24.1. The second-order valence-electron chi connectivity index (χ2n) is 6.31. The highest BCUT2D eigenvalue weighted by Gasteiger charge is 2.17. The molecule has 0 bridgehead atoms. The molecule has 1 aromatic heterocycles. The van der Waals surface area contributed by atoms with Crippen molar-refractivity contribution in [2.24, 2.45) is 0 Å². The van der Waals surface area contributed by atoms with E-state index in [9.17, 15) is 9.59 Å². The number of hydrogen-bond acceptors (Lipinski definition) is 7. The molecule has 0 aliphatic carbocycles. The minimum atomic E-state index is -0.838. The number of benzene rings is 2. The van der Waals surface area contributed by atoms with E-state index in [4.69, 9.17) is 13.9 Å². The lowest BCUT2D eigenvalue weighted by molar-refractivity contribution is -0.148. The van der Waals surface area contributed by atoms with E-state index < -0.39 is 17.9 Å². The molecule has 0 aliphatic rings. The number of amides is 1. The normalized spacial score (nSPS) is 11.8. The van der Waals surface area contributed by atoms with E-state index in [0.29, 0.717) is 5.89 Å². The fourth-order valence-corrected chi connectivity index (χ4v) is 2.47. The summed E-state index contributed by atoms with van der Waals surface area (Å²) in [5.41, 5.74) is 1.60. The molecule has 0 aliphatic heterocycles. The summed E-state index contributed by atoms with van der Waals surface area (Å²) in [5.74, 6) is 0.206. The van der Waals surface area contributed by atoms with E-state index in [1.54, 1.807) is 25.3 Å². The summed E-state index contributed by atoms with van der Waals surface area (Å²) in [6, 6.07) is 15.6. The molecule has 1 amide bonds. The first kappa shape index (κ1) is 20.8. The highest BCUT2D eigenvalue weighted by atomic mass is 16.5. The van der Waals surface area contributed by atoms with Gasteiger partial charge >= 0.3 is 5.97 Å². The average Bonchev–Trinajstić information content (AvgIpc) is 3.26. The molecule has 1 atom stereocenters. The topological polar surface area (TPSA) is 104 Å². The van der Waals surface area contributed by atoms with Crippen molar-refractivity contribution < 1.29 is 23.5 Å². The molecule has 0 saturated heterocycles. The van der Waals surface area contributed by atoms with Gasteiger partial charge in [-0.3, -0.25) is 4.79 Å². The number of ether oxygens (including phenoxy) is 2. The Morgan fingerprint density at radius 2 is 1.83 bits per heavy atom. The van der Waals surface area contributed by atoms with Crippen LogP contribution in [-0.2, 0) is 20.9 Å². The second-order valence-corrected chi connectivity index (χ2v) is 6.31. The Labute approximate surface area is 173 Å². The van der Waals surface area contributed by atoms with Crippen LogP contribution < -0.4 is 10.1 Å². The second kappa shape index (κ2) is 10.0. The van der Waals surface area contributed by atoms with Gasteiger partial charge in [0.25, 0.3) is 5.89 Å². The van der Waals surface area contributed by atoms with Crippen molar-refractivity contribution in [3.05, 3.63) is 72.1 Å². The van der Waals surface area contributed by atoms with Gasteiger partial charge in [-0.15, -0.1) is 10.2 Å². The van der Waals surface area contributed by atoms with E-state index in [1.807, 2.05) is 42.5 Å². The molecule has 1 N–H and O–H groups in total. The van der Waals surface area contributed by atoms with Crippen LogP contribution >= 0.6 is 0 Å². The van der Waals surface area contributed by atoms with Crippen molar-refractivity contribution >= 4 is 18.0 Å². The van der Waals surface area contributed by atoms with E-state index in [-0.39, 0.29) is 12.5 Å². The molecule has 8 nitrogen and oxygen atoms in total. The van der Waals surface area contributed by atoms with Crippen LogP contribution in [0.4, 0.5) is 0 Å². The Hall–Kier alpha value is -3.94. The van der Waals surface area contributed by atoms with Crippen LogP contribution in [0.5, 0.6) is 5.75 Å². The predicted octanol–water partition coefficient (Wildman–Crippen LogP) is 3.01. The number of nitrogens with zero attached hydrogens (tertiary/aromatic N) is 2. The maximum absolute atomic E-state index is 12.1. The van der Waals surface area contributed by atoms with Gasteiger partial charge in [-0.25, -0.2) is 4.79 Å². The summed E-state index contributed by atoms with van der Waals surface area (Å²) >= 11 is 0. The minimum Gasteiger partial charge on any atom is -0.497 e. The monoisotopic (exact) mass is 407 g/mol. The number of carbonyl (C=O) groups excluding carboxylic acids is 2. The van der Waals surface area contributed by atoms with E-state index >= 15 is 0 Å². The van der Waals surface area contributed by atoms with Gasteiger partial charge in [-0.1, -0.05) is 30.3 Å². The lowest BCUT2D eigenvalue weighted by atomic mass is 10.2. The van der Waals surface area contributed by atoms with Gasteiger partial charge in [0.2, 0.25) is 11.8 Å². The molecule has 0 radical (unpaired) electrons. The Morgan fingerprint density at radius 1 is 1.10 bits per heavy atom. The summed E-state index contributed by atoms with van der Waals surface area (Å²) in [6.45, 7) is 1.35. The molecule has 2 aromatic carbocycles. The molecule has 0 saturated carbocycles. The van der Waals surface area contributed by atoms with Gasteiger partial charge < -0.3 is 19.2 Å². The highest BCUT2D eigenvalue weighted by molar-refractivity contribution is 5.94. The molecule has 154 valence electrons. The number of aromatic nitrogens is 2. The number of esters is 1.